The minimum Gasteiger partial charge on any atom is -0.497 e. The summed E-state index contributed by atoms with van der Waals surface area (Å²) in [4.78, 5) is 28.2. The van der Waals surface area contributed by atoms with E-state index in [2.05, 4.69) is 5.32 Å². The fourth-order valence-electron chi connectivity index (χ4n) is 2.97. The number of nitrogens with one attached hydrogen (secondary N) is 1. The van der Waals surface area contributed by atoms with Crippen LogP contribution in [0.1, 0.15) is 25.3 Å². The first kappa shape index (κ1) is 21.8. The van der Waals surface area contributed by atoms with Crippen LogP contribution in [0.15, 0.2) is 59.5 Å². The number of likely N-dealkylation sites (N-methyl/N-ethyl adjacent to an activating group) is 1. The number of carbonyl (C=O) groups is 2. The first-order valence-electron chi connectivity index (χ1n) is 9.40. The summed E-state index contributed by atoms with van der Waals surface area (Å²) in [5.74, 6) is 1.23. The van der Waals surface area contributed by atoms with E-state index in [1.165, 1.54) is 0 Å². The lowest BCUT2D eigenvalue weighted by atomic mass is 10.1. The second kappa shape index (κ2) is 11.4. The zero-order valence-electron chi connectivity index (χ0n) is 16.7. The molecule has 0 spiro atoms. The Morgan fingerprint density at radius 2 is 1.89 bits per heavy atom. The standard InChI is InChI=1S/C22H28N2O3S/c1-4-20(22(26)23-2)24(16-17-9-8-10-18(15-17)27-3)21(25)13-14-28-19-11-6-5-7-12-19/h5-12,15,20H,4,13-14,16H2,1-3H3,(H,23,26). The smallest absolute Gasteiger partial charge is 0.242 e. The van der Waals surface area contributed by atoms with Crippen molar-refractivity contribution >= 4 is 23.6 Å². The van der Waals surface area contributed by atoms with Gasteiger partial charge in [0, 0.05) is 30.7 Å². The molecule has 6 heteroatoms. The van der Waals surface area contributed by atoms with Crippen molar-refractivity contribution in [2.24, 2.45) is 0 Å². The minimum absolute atomic E-state index is 0.0262. The van der Waals surface area contributed by atoms with Crippen LogP contribution >= 0.6 is 11.8 Å². The summed E-state index contributed by atoms with van der Waals surface area (Å²) in [6.07, 6.45) is 0.929. The zero-order chi connectivity index (χ0) is 20.4. The average molecular weight is 401 g/mol. The molecule has 5 nitrogen and oxygen atoms in total. The lowest BCUT2D eigenvalue weighted by Crippen LogP contribution is -2.48. The van der Waals surface area contributed by atoms with Crippen LogP contribution in [0.5, 0.6) is 5.75 Å². The molecular weight excluding hydrogens is 372 g/mol. The van der Waals surface area contributed by atoms with Crippen molar-refractivity contribution in [3.63, 3.8) is 0 Å². The monoisotopic (exact) mass is 400 g/mol. The molecule has 2 rings (SSSR count). The molecule has 0 aromatic heterocycles. The van der Waals surface area contributed by atoms with E-state index in [1.807, 2.05) is 61.5 Å². The number of hydrogen-bond donors (Lipinski definition) is 1. The zero-order valence-corrected chi connectivity index (χ0v) is 17.5. The van der Waals surface area contributed by atoms with E-state index in [0.29, 0.717) is 25.1 Å². The first-order valence-corrected chi connectivity index (χ1v) is 10.4. The third-order valence-corrected chi connectivity index (χ3v) is 5.46. The van der Waals surface area contributed by atoms with E-state index in [4.69, 9.17) is 4.74 Å². The number of methoxy groups -OCH3 is 1. The van der Waals surface area contributed by atoms with Crippen LogP contribution < -0.4 is 10.1 Å². The maximum absolute atomic E-state index is 13.0. The van der Waals surface area contributed by atoms with Crippen LogP contribution in [0.4, 0.5) is 0 Å². The Morgan fingerprint density at radius 3 is 2.54 bits per heavy atom. The van der Waals surface area contributed by atoms with Crippen molar-refractivity contribution in [2.45, 2.75) is 37.2 Å². The van der Waals surface area contributed by atoms with Gasteiger partial charge in [0.25, 0.3) is 0 Å². The Kier molecular flexibility index (Phi) is 8.88. The van der Waals surface area contributed by atoms with Crippen LogP contribution in [0.3, 0.4) is 0 Å². The number of nitrogens with zero attached hydrogens (tertiary/aromatic N) is 1. The SMILES string of the molecule is CCC(C(=O)NC)N(Cc1cccc(OC)c1)C(=O)CCSc1ccccc1. The van der Waals surface area contributed by atoms with Crippen molar-refractivity contribution in [1.82, 2.24) is 10.2 Å². The van der Waals surface area contributed by atoms with E-state index >= 15 is 0 Å². The molecule has 2 aromatic carbocycles. The number of hydrogen-bond acceptors (Lipinski definition) is 4. The van der Waals surface area contributed by atoms with E-state index in [1.54, 1.807) is 30.8 Å². The molecule has 0 saturated heterocycles. The van der Waals surface area contributed by atoms with E-state index < -0.39 is 6.04 Å². The summed E-state index contributed by atoms with van der Waals surface area (Å²) in [5.41, 5.74) is 0.936. The summed E-state index contributed by atoms with van der Waals surface area (Å²) in [5, 5.41) is 2.68. The normalized spacial score (nSPS) is 11.5. The first-order chi connectivity index (χ1) is 13.6. The lowest BCUT2D eigenvalue weighted by molar-refractivity contribution is -0.140. The molecule has 28 heavy (non-hydrogen) atoms. The lowest BCUT2D eigenvalue weighted by Gasteiger charge is -2.30. The molecule has 0 aliphatic rings. The highest BCUT2D eigenvalue weighted by atomic mass is 32.2. The van der Waals surface area contributed by atoms with Gasteiger partial charge in [0.1, 0.15) is 11.8 Å². The highest BCUT2D eigenvalue weighted by Crippen LogP contribution is 2.21. The van der Waals surface area contributed by atoms with Crippen LogP contribution in [0.2, 0.25) is 0 Å². The largest absolute Gasteiger partial charge is 0.497 e. The Labute approximate surface area is 171 Å². The number of thioether (sulfide) groups is 1. The molecule has 0 aliphatic heterocycles. The van der Waals surface area contributed by atoms with Gasteiger partial charge >= 0.3 is 0 Å². The molecule has 1 atom stereocenters. The quantitative estimate of drug-likeness (QED) is 0.618. The third kappa shape index (κ3) is 6.30. The molecule has 0 heterocycles. The molecule has 1 unspecified atom stereocenters. The van der Waals surface area contributed by atoms with Gasteiger partial charge in [-0.2, -0.15) is 0 Å². The minimum atomic E-state index is -0.495. The topological polar surface area (TPSA) is 58.6 Å². The molecule has 0 radical (unpaired) electrons. The van der Waals surface area contributed by atoms with Crippen molar-refractivity contribution < 1.29 is 14.3 Å². The third-order valence-electron chi connectivity index (χ3n) is 4.45. The fraction of sp³-hybridized carbons (Fsp3) is 0.364. The predicted octanol–water partition coefficient (Wildman–Crippen LogP) is 3.73. The van der Waals surface area contributed by atoms with E-state index in [0.717, 1.165) is 16.2 Å². The molecule has 150 valence electrons. The van der Waals surface area contributed by atoms with Crippen LogP contribution in [-0.2, 0) is 16.1 Å². The van der Waals surface area contributed by atoms with Gasteiger partial charge in [0.2, 0.25) is 11.8 Å². The number of amides is 2. The molecule has 2 amide bonds. The molecular formula is C22H28N2O3S. The van der Waals surface area contributed by atoms with Crippen molar-refractivity contribution in [2.75, 3.05) is 19.9 Å². The molecule has 1 N–H and O–H groups in total. The average Bonchev–Trinajstić information content (AvgIpc) is 2.74. The second-order valence-corrected chi connectivity index (χ2v) is 7.49. The Hall–Kier alpha value is -2.47. The van der Waals surface area contributed by atoms with Crippen molar-refractivity contribution in [3.8, 4) is 5.75 Å². The maximum Gasteiger partial charge on any atom is 0.242 e. The van der Waals surface area contributed by atoms with Crippen LogP contribution in [0, 0.1) is 0 Å². The molecule has 2 aromatic rings. The molecule has 0 bridgehead atoms. The second-order valence-electron chi connectivity index (χ2n) is 6.32. The molecule has 0 aliphatic carbocycles. The van der Waals surface area contributed by atoms with Gasteiger partial charge in [-0.25, -0.2) is 0 Å². The Balaban J connectivity index is 2.11. The van der Waals surface area contributed by atoms with Gasteiger partial charge in [0.15, 0.2) is 0 Å². The Bertz CT molecular complexity index is 767. The number of carbonyl (C=O) groups excluding carboxylic acids is 2. The predicted molar refractivity (Wildman–Crippen MR) is 113 cm³/mol. The van der Waals surface area contributed by atoms with Crippen LogP contribution in [-0.4, -0.2) is 42.7 Å². The highest BCUT2D eigenvalue weighted by Gasteiger charge is 2.27. The van der Waals surface area contributed by atoms with Gasteiger partial charge in [-0.1, -0.05) is 37.3 Å². The van der Waals surface area contributed by atoms with E-state index in [9.17, 15) is 9.59 Å². The van der Waals surface area contributed by atoms with Crippen molar-refractivity contribution in [3.05, 3.63) is 60.2 Å². The molecule has 0 fully saturated rings. The number of ether oxygens (including phenoxy) is 1. The summed E-state index contributed by atoms with van der Waals surface area (Å²) in [6, 6.07) is 17.1. The van der Waals surface area contributed by atoms with E-state index in [-0.39, 0.29) is 11.8 Å². The highest BCUT2D eigenvalue weighted by molar-refractivity contribution is 7.99. The maximum atomic E-state index is 13.0. The Morgan fingerprint density at radius 1 is 1.14 bits per heavy atom. The summed E-state index contributed by atoms with van der Waals surface area (Å²) in [6.45, 7) is 2.29. The van der Waals surface area contributed by atoms with Gasteiger partial charge in [-0.3, -0.25) is 9.59 Å². The summed E-state index contributed by atoms with van der Waals surface area (Å²) >= 11 is 1.64. The number of rotatable bonds is 10. The summed E-state index contributed by atoms with van der Waals surface area (Å²) < 4.78 is 5.28. The van der Waals surface area contributed by atoms with Gasteiger partial charge in [-0.05, 0) is 36.2 Å². The van der Waals surface area contributed by atoms with Crippen LogP contribution in [0.25, 0.3) is 0 Å². The van der Waals surface area contributed by atoms with Gasteiger partial charge in [0.05, 0.1) is 7.11 Å². The molecule has 0 saturated carbocycles. The van der Waals surface area contributed by atoms with Crippen molar-refractivity contribution in [1.29, 1.82) is 0 Å². The van der Waals surface area contributed by atoms with Gasteiger partial charge in [-0.15, -0.1) is 11.8 Å². The number of benzene rings is 2. The summed E-state index contributed by atoms with van der Waals surface area (Å²) in [7, 11) is 3.21. The van der Waals surface area contributed by atoms with Gasteiger partial charge < -0.3 is 15.0 Å². The fourth-order valence-corrected chi connectivity index (χ4v) is 3.83.